The van der Waals surface area contributed by atoms with Gasteiger partial charge in [-0.05, 0) is 13.0 Å². The molecule has 18 heavy (non-hydrogen) atoms. The van der Waals surface area contributed by atoms with Crippen molar-refractivity contribution in [3.63, 3.8) is 0 Å². The van der Waals surface area contributed by atoms with Crippen LogP contribution in [0.5, 0.6) is 0 Å². The second kappa shape index (κ2) is 4.97. The lowest BCUT2D eigenvalue weighted by Gasteiger charge is -2.47. The van der Waals surface area contributed by atoms with Crippen LogP contribution in [0.4, 0.5) is 0 Å². The molecule has 0 saturated carbocycles. The molecule has 3 heteroatoms. The van der Waals surface area contributed by atoms with Crippen molar-refractivity contribution >= 4 is 17.4 Å². The summed E-state index contributed by atoms with van der Waals surface area (Å²) in [5.41, 5.74) is 2.45. The van der Waals surface area contributed by atoms with Crippen LogP contribution in [-0.4, -0.2) is 19.6 Å². The fourth-order valence-corrected chi connectivity index (χ4v) is 2.77. The Morgan fingerprint density at radius 1 is 0.833 bits per heavy atom. The van der Waals surface area contributed by atoms with E-state index in [4.69, 9.17) is 4.65 Å². The molecule has 1 saturated heterocycles. The normalized spacial score (nSPS) is 18.4. The predicted octanol–water partition coefficient (Wildman–Crippen LogP) is 1.25. The van der Waals surface area contributed by atoms with Crippen LogP contribution in [0.3, 0.4) is 0 Å². The van der Waals surface area contributed by atoms with E-state index in [0.717, 1.165) is 19.6 Å². The smallest absolute Gasteiger partial charge is 0.239 e. The minimum absolute atomic E-state index is 0.816. The number of hydrogen-bond donors (Lipinski definition) is 1. The molecule has 0 aromatic heterocycles. The van der Waals surface area contributed by atoms with Crippen LogP contribution >= 0.6 is 0 Å². The first-order chi connectivity index (χ1) is 8.92. The highest BCUT2D eigenvalue weighted by molar-refractivity contribution is 6.95. The van der Waals surface area contributed by atoms with E-state index in [-0.39, 0.29) is 0 Å². The second-order valence-corrected chi connectivity index (χ2v) is 4.79. The Hall–Kier alpha value is -1.58. The van der Waals surface area contributed by atoms with Gasteiger partial charge in [0.05, 0.1) is 0 Å². The van der Waals surface area contributed by atoms with E-state index in [1.807, 2.05) is 12.1 Å². The summed E-state index contributed by atoms with van der Waals surface area (Å²) in [4.78, 5) is 0. The molecule has 2 nitrogen and oxygen atoms in total. The lowest BCUT2D eigenvalue weighted by molar-refractivity contribution is 0.275. The predicted molar refractivity (Wildman–Crippen MR) is 76.5 cm³/mol. The van der Waals surface area contributed by atoms with Gasteiger partial charge in [-0.25, -0.2) is 0 Å². The zero-order valence-corrected chi connectivity index (χ0v) is 10.4. The minimum atomic E-state index is -1.25. The average Bonchev–Trinajstić information content (AvgIpc) is 2.50. The summed E-state index contributed by atoms with van der Waals surface area (Å²) in [5.74, 6) is 0. The molecule has 1 N–H and O–H groups in total. The maximum Gasteiger partial charge on any atom is 0.239 e. The van der Waals surface area contributed by atoms with Gasteiger partial charge in [0.25, 0.3) is 0 Å². The van der Waals surface area contributed by atoms with Gasteiger partial charge in [0, 0.05) is 6.61 Å². The Labute approximate surface area is 108 Å². The Morgan fingerprint density at radius 2 is 1.39 bits per heavy atom. The quantitative estimate of drug-likeness (QED) is 0.795. The third-order valence-electron chi connectivity index (χ3n) is 3.66. The highest BCUT2D eigenvalue weighted by atomic mass is 16.5. The summed E-state index contributed by atoms with van der Waals surface area (Å²) < 4.78 is 6.19. The SMILES string of the molecule is c1ccc([B-]2(c3ccccc3)NCCCO2)cc1. The zero-order valence-electron chi connectivity index (χ0n) is 10.4. The van der Waals surface area contributed by atoms with Gasteiger partial charge in [0.1, 0.15) is 0 Å². The zero-order chi connectivity index (χ0) is 12.3. The van der Waals surface area contributed by atoms with Crippen LogP contribution in [0, 0.1) is 0 Å². The van der Waals surface area contributed by atoms with Crippen LogP contribution in [0.15, 0.2) is 60.7 Å². The van der Waals surface area contributed by atoms with Crippen LogP contribution in [-0.2, 0) is 4.65 Å². The lowest BCUT2D eigenvalue weighted by atomic mass is 9.41. The van der Waals surface area contributed by atoms with Crippen molar-refractivity contribution in [3.8, 4) is 0 Å². The molecule has 0 radical (unpaired) electrons. The maximum atomic E-state index is 6.19. The van der Waals surface area contributed by atoms with E-state index >= 15 is 0 Å². The Balaban J connectivity index is 2.10. The third kappa shape index (κ3) is 1.96. The van der Waals surface area contributed by atoms with Gasteiger partial charge in [-0.1, -0.05) is 60.7 Å². The van der Waals surface area contributed by atoms with Gasteiger partial charge in [-0.3, -0.25) is 0 Å². The van der Waals surface area contributed by atoms with Gasteiger partial charge in [0.2, 0.25) is 6.48 Å². The second-order valence-electron chi connectivity index (χ2n) is 4.79. The van der Waals surface area contributed by atoms with E-state index in [1.165, 1.54) is 10.9 Å². The monoisotopic (exact) mass is 238 g/mol. The first kappa shape index (κ1) is 11.5. The molecule has 1 aliphatic rings. The van der Waals surface area contributed by atoms with Crippen molar-refractivity contribution in [3.05, 3.63) is 60.7 Å². The van der Waals surface area contributed by atoms with E-state index in [0.29, 0.717) is 0 Å². The van der Waals surface area contributed by atoms with Crippen molar-refractivity contribution in [2.75, 3.05) is 13.2 Å². The Morgan fingerprint density at radius 3 is 1.83 bits per heavy atom. The molecule has 0 amide bonds. The summed E-state index contributed by atoms with van der Waals surface area (Å²) in [6.45, 7) is 0.570. The molecule has 0 spiro atoms. The molecule has 0 atom stereocenters. The highest BCUT2D eigenvalue weighted by Gasteiger charge is 2.30. The summed E-state index contributed by atoms with van der Waals surface area (Å²) in [6.07, 6.45) is 1.07. The van der Waals surface area contributed by atoms with E-state index in [1.54, 1.807) is 0 Å². The van der Waals surface area contributed by atoms with Gasteiger partial charge in [-0.15, -0.1) is 0 Å². The Bertz CT molecular complexity index is 453. The summed E-state index contributed by atoms with van der Waals surface area (Å²) in [6, 6.07) is 20.9. The Kier molecular flexibility index (Phi) is 3.18. The molecule has 0 aliphatic carbocycles. The van der Waals surface area contributed by atoms with Gasteiger partial charge in [0.15, 0.2) is 0 Å². The van der Waals surface area contributed by atoms with Crippen LogP contribution < -0.4 is 16.2 Å². The minimum Gasteiger partial charge on any atom is -0.570 e. The number of hydrogen-bond acceptors (Lipinski definition) is 2. The highest BCUT2D eigenvalue weighted by Crippen LogP contribution is 2.09. The first-order valence-corrected chi connectivity index (χ1v) is 6.57. The van der Waals surface area contributed by atoms with E-state index in [2.05, 4.69) is 53.8 Å². The third-order valence-corrected chi connectivity index (χ3v) is 3.66. The number of rotatable bonds is 2. The molecule has 2 aromatic rings. The number of benzene rings is 2. The van der Waals surface area contributed by atoms with Crippen LogP contribution in [0.2, 0.25) is 0 Å². The standard InChI is InChI=1S/C15H17BNO/c1-3-8-14(9-4-1)16(17-12-7-13-18-16)15-10-5-2-6-11-15/h1-6,8-11,17H,7,12-13H2/q-1. The molecular formula is C15H17BNO-. The summed E-state index contributed by atoms with van der Waals surface area (Å²) in [7, 11) is 0. The molecule has 92 valence electrons. The molecule has 1 aliphatic heterocycles. The fraction of sp³-hybridized carbons (Fsp3) is 0.200. The van der Waals surface area contributed by atoms with Crippen molar-refractivity contribution < 1.29 is 4.65 Å². The van der Waals surface area contributed by atoms with E-state index < -0.39 is 6.48 Å². The van der Waals surface area contributed by atoms with Crippen LogP contribution in [0.25, 0.3) is 0 Å². The van der Waals surface area contributed by atoms with Crippen molar-refractivity contribution in [2.45, 2.75) is 6.42 Å². The first-order valence-electron chi connectivity index (χ1n) is 6.57. The molecule has 3 rings (SSSR count). The fourth-order valence-electron chi connectivity index (χ4n) is 2.77. The molecule has 2 aromatic carbocycles. The van der Waals surface area contributed by atoms with Gasteiger partial charge in [-0.2, -0.15) is 10.9 Å². The average molecular weight is 238 g/mol. The molecule has 1 fully saturated rings. The van der Waals surface area contributed by atoms with Crippen molar-refractivity contribution in [1.82, 2.24) is 5.23 Å². The summed E-state index contributed by atoms with van der Waals surface area (Å²) in [5, 5.41) is 3.61. The van der Waals surface area contributed by atoms with Crippen LogP contribution in [0.1, 0.15) is 6.42 Å². The van der Waals surface area contributed by atoms with Gasteiger partial charge < -0.3 is 9.88 Å². The molecule has 1 heterocycles. The topological polar surface area (TPSA) is 21.3 Å². The molecular weight excluding hydrogens is 221 g/mol. The van der Waals surface area contributed by atoms with Crippen molar-refractivity contribution in [1.29, 1.82) is 0 Å². The maximum absolute atomic E-state index is 6.19. The van der Waals surface area contributed by atoms with Gasteiger partial charge >= 0.3 is 0 Å². The molecule has 0 bridgehead atoms. The largest absolute Gasteiger partial charge is 0.570 e. The molecule has 0 unspecified atom stereocenters. The van der Waals surface area contributed by atoms with E-state index in [9.17, 15) is 0 Å². The lowest BCUT2D eigenvalue weighted by Crippen LogP contribution is -2.73. The number of nitrogens with one attached hydrogen (secondary N) is 1. The summed E-state index contributed by atoms with van der Waals surface area (Å²) >= 11 is 0. The van der Waals surface area contributed by atoms with Crippen molar-refractivity contribution in [2.24, 2.45) is 0 Å².